The van der Waals surface area contributed by atoms with Gasteiger partial charge in [-0.3, -0.25) is 0 Å². The highest BCUT2D eigenvalue weighted by molar-refractivity contribution is 5.06. The van der Waals surface area contributed by atoms with Gasteiger partial charge in [-0.15, -0.1) is 0 Å². The molecule has 1 aromatic rings. The van der Waals surface area contributed by atoms with Crippen LogP contribution < -0.4 is 5.73 Å². The molecule has 1 heterocycles. The Morgan fingerprint density at radius 3 is 2.91 bits per heavy atom. The van der Waals surface area contributed by atoms with Crippen molar-refractivity contribution in [1.29, 1.82) is 0 Å². The van der Waals surface area contributed by atoms with Crippen molar-refractivity contribution in [3.05, 3.63) is 24.2 Å². The third kappa shape index (κ3) is 2.37. The van der Waals surface area contributed by atoms with Crippen LogP contribution >= 0.6 is 0 Å². The van der Waals surface area contributed by atoms with Crippen LogP contribution in [-0.4, -0.2) is 18.3 Å². The molecular formula is C8H13NO2. The van der Waals surface area contributed by atoms with Gasteiger partial charge in [0.25, 0.3) is 0 Å². The molecule has 11 heavy (non-hydrogen) atoms. The van der Waals surface area contributed by atoms with Crippen LogP contribution in [0.4, 0.5) is 0 Å². The SMILES string of the molecule is NC[C@@H](CO)Cc1ccoc1. The standard InChI is InChI=1S/C8H13NO2/c9-4-8(5-10)3-7-1-2-11-6-7/h1-2,6,8,10H,3-5,9H2/t8-/m0/s1. The van der Waals surface area contributed by atoms with E-state index in [0.29, 0.717) is 6.54 Å². The van der Waals surface area contributed by atoms with E-state index in [1.54, 1.807) is 12.5 Å². The molecule has 0 aliphatic rings. The van der Waals surface area contributed by atoms with E-state index in [1.807, 2.05) is 6.07 Å². The molecule has 0 aliphatic carbocycles. The Labute approximate surface area is 65.8 Å². The molecule has 62 valence electrons. The molecule has 0 bridgehead atoms. The van der Waals surface area contributed by atoms with Crippen molar-refractivity contribution >= 4 is 0 Å². The van der Waals surface area contributed by atoms with Gasteiger partial charge < -0.3 is 15.3 Å². The first kappa shape index (κ1) is 8.30. The quantitative estimate of drug-likeness (QED) is 0.661. The van der Waals surface area contributed by atoms with E-state index < -0.39 is 0 Å². The normalized spacial score (nSPS) is 13.3. The first-order valence-corrected chi connectivity index (χ1v) is 3.68. The summed E-state index contributed by atoms with van der Waals surface area (Å²) in [5, 5.41) is 8.81. The molecule has 0 amide bonds. The van der Waals surface area contributed by atoms with Crippen LogP contribution in [-0.2, 0) is 6.42 Å². The van der Waals surface area contributed by atoms with Gasteiger partial charge in [-0.05, 0) is 30.5 Å². The minimum Gasteiger partial charge on any atom is -0.472 e. The predicted molar refractivity (Wildman–Crippen MR) is 42.0 cm³/mol. The van der Waals surface area contributed by atoms with Crippen LogP contribution in [0.1, 0.15) is 5.56 Å². The van der Waals surface area contributed by atoms with Crippen LogP contribution in [0.5, 0.6) is 0 Å². The molecule has 1 aromatic heterocycles. The Hall–Kier alpha value is -0.800. The zero-order chi connectivity index (χ0) is 8.10. The van der Waals surface area contributed by atoms with Crippen molar-refractivity contribution in [2.75, 3.05) is 13.2 Å². The molecular weight excluding hydrogens is 142 g/mol. The van der Waals surface area contributed by atoms with Gasteiger partial charge in [0.05, 0.1) is 12.5 Å². The maximum absolute atomic E-state index is 8.81. The fraction of sp³-hybridized carbons (Fsp3) is 0.500. The van der Waals surface area contributed by atoms with Gasteiger partial charge in [-0.1, -0.05) is 0 Å². The number of hydrogen-bond acceptors (Lipinski definition) is 3. The lowest BCUT2D eigenvalue weighted by Gasteiger charge is -2.08. The second-order valence-corrected chi connectivity index (χ2v) is 2.62. The van der Waals surface area contributed by atoms with Gasteiger partial charge >= 0.3 is 0 Å². The Balaban J connectivity index is 2.41. The van der Waals surface area contributed by atoms with Gasteiger partial charge in [0.2, 0.25) is 0 Å². The summed E-state index contributed by atoms with van der Waals surface area (Å²) in [7, 11) is 0. The number of nitrogens with two attached hydrogens (primary N) is 1. The summed E-state index contributed by atoms with van der Waals surface area (Å²) in [6, 6.07) is 1.89. The highest BCUT2D eigenvalue weighted by atomic mass is 16.3. The lowest BCUT2D eigenvalue weighted by Crippen LogP contribution is -2.20. The molecule has 0 aromatic carbocycles. The molecule has 0 saturated heterocycles. The van der Waals surface area contributed by atoms with E-state index in [-0.39, 0.29) is 12.5 Å². The third-order valence-electron chi connectivity index (χ3n) is 1.70. The zero-order valence-corrected chi connectivity index (χ0v) is 6.36. The Morgan fingerprint density at radius 1 is 1.64 bits per heavy atom. The molecule has 0 fully saturated rings. The molecule has 3 nitrogen and oxygen atoms in total. The molecule has 0 aliphatic heterocycles. The van der Waals surface area contributed by atoms with E-state index in [0.717, 1.165) is 12.0 Å². The fourth-order valence-corrected chi connectivity index (χ4v) is 0.965. The van der Waals surface area contributed by atoms with Crippen LogP contribution in [0.2, 0.25) is 0 Å². The molecule has 1 atom stereocenters. The lowest BCUT2D eigenvalue weighted by atomic mass is 10.0. The molecule has 3 N–H and O–H groups in total. The number of rotatable bonds is 4. The minimum absolute atomic E-state index is 0.141. The zero-order valence-electron chi connectivity index (χ0n) is 6.36. The van der Waals surface area contributed by atoms with Gasteiger partial charge in [0.15, 0.2) is 0 Å². The van der Waals surface area contributed by atoms with Crippen molar-refractivity contribution in [2.24, 2.45) is 11.7 Å². The van der Waals surface area contributed by atoms with Crippen LogP contribution in [0, 0.1) is 5.92 Å². The maximum Gasteiger partial charge on any atom is 0.0934 e. The number of furan rings is 1. The van der Waals surface area contributed by atoms with Crippen LogP contribution in [0.25, 0.3) is 0 Å². The highest BCUT2D eigenvalue weighted by Crippen LogP contribution is 2.07. The van der Waals surface area contributed by atoms with Crippen LogP contribution in [0.15, 0.2) is 23.0 Å². The smallest absolute Gasteiger partial charge is 0.0934 e. The molecule has 0 radical (unpaired) electrons. The van der Waals surface area contributed by atoms with Crippen molar-refractivity contribution in [1.82, 2.24) is 0 Å². The molecule has 0 unspecified atom stereocenters. The van der Waals surface area contributed by atoms with Gasteiger partial charge in [0, 0.05) is 6.61 Å². The summed E-state index contributed by atoms with van der Waals surface area (Å²) in [4.78, 5) is 0. The Bertz CT molecular complexity index is 180. The maximum atomic E-state index is 8.81. The first-order chi connectivity index (χ1) is 5.36. The van der Waals surface area contributed by atoms with Gasteiger partial charge in [-0.25, -0.2) is 0 Å². The summed E-state index contributed by atoms with van der Waals surface area (Å²) >= 11 is 0. The largest absolute Gasteiger partial charge is 0.472 e. The molecule has 0 spiro atoms. The fourth-order valence-electron chi connectivity index (χ4n) is 0.965. The van der Waals surface area contributed by atoms with E-state index in [4.69, 9.17) is 15.3 Å². The predicted octanol–water partition coefficient (Wildman–Crippen LogP) is 0.389. The number of hydrogen-bond donors (Lipinski definition) is 2. The minimum atomic E-state index is 0.141. The van der Waals surface area contributed by atoms with Crippen molar-refractivity contribution in [3.63, 3.8) is 0 Å². The van der Waals surface area contributed by atoms with Gasteiger partial charge in [-0.2, -0.15) is 0 Å². The third-order valence-corrected chi connectivity index (χ3v) is 1.70. The van der Waals surface area contributed by atoms with Crippen molar-refractivity contribution in [3.8, 4) is 0 Å². The topological polar surface area (TPSA) is 59.4 Å². The summed E-state index contributed by atoms with van der Waals surface area (Å²) in [5.74, 6) is 0.160. The van der Waals surface area contributed by atoms with E-state index >= 15 is 0 Å². The van der Waals surface area contributed by atoms with E-state index in [9.17, 15) is 0 Å². The number of aliphatic hydroxyl groups is 1. The van der Waals surface area contributed by atoms with E-state index in [1.165, 1.54) is 0 Å². The van der Waals surface area contributed by atoms with Crippen LogP contribution in [0.3, 0.4) is 0 Å². The molecule has 0 saturated carbocycles. The molecule has 1 rings (SSSR count). The average Bonchev–Trinajstić information content (AvgIpc) is 2.52. The second kappa shape index (κ2) is 4.16. The summed E-state index contributed by atoms with van der Waals surface area (Å²) < 4.78 is 4.88. The monoisotopic (exact) mass is 155 g/mol. The number of aliphatic hydroxyl groups excluding tert-OH is 1. The average molecular weight is 155 g/mol. The highest BCUT2D eigenvalue weighted by Gasteiger charge is 2.06. The first-order valence-electron chi connectivity index (χ1n) is 3.68. The summed E-state index contributed by atoms with van der Waals surface area (Å²) in [5.41, 5.74) is 6.50. The Kier molecular flexibility index (Phi) is 3.14. The molecule has 3 heteroatoms. The van der Waals surface area contributed by atoms with Crippen molar-refractivity contribution in [2.45, 2.75) is 6.42 Å². The van der Waals surface area contributed by atoms with Gasteiger partial charge in [0.1, 0.15) is 0 Å². The van der Waals surface area contributed by atoms with Crippen molar-refractivity contribution < 1.29 is 9.52 Å². The second-order valence-electron chi connectivity index (χ2n) is 2.62. The summed E-state index contributed by atoms with van der Waals surface area (Å²) in [6.07, 6.45) is 4.10. The summed E-state index contributed by atoms with van der Waals surface area (Å²) in [6.45, 7) is 0.656. The Morgan fingerprint density at radius 2 is 2.45 bits per heavy atom. The lowest BCUT2D eigenvalue weighted by molar-refractivity contribution is 0.229. The van der Waals surface area contributed by atoms with E-state index in [2.05, 4.69) is 0 Å².